The van der Waals surface area contributed by atoms with Crippen LogP contribution in [0.5, 0.6) is 0 Å². The lowest BCUT2D eigenvalue weighted by Crippen LogP contribution is -2.33. The summed E-state index contributed by atoms with van der Waals surface area (Å²) in [5.74, 6) is 0.482. The predicted octanol–water partition coefficient (Wildman–Crippen LogP) is 4.57. The first-order chi connectivity index (χ1) is 12.1. The molecule has 0 spiro atoms. The zero-order valence-corrected chi connectivity index (χ0v) is 15.0. The summed E-state index contributed by atoms with van der Waals surface area (Å²) in [6.07, 6.45) is 0.765. The highest BCUT2D eigenvalue weighted by Crippen LogP contribution is 2.38. The van der Waals surface area contributed by atoms with E-state index >= 15 is 0 Å². The number of nitro benzene ring substituents is 1. The van der Waals surface area contributed by atoms with E-state index in [1.807, 2.05) is 24.3 Å². The van der Waals surface area contributed by atoms with Crippen LogP contribution in [0.15, 0.2) is 48.5 Å². The van der Waals surface area contributed by atoms with Gasteiger partial charge < -0.3 is 4.90 Å². The van der Waals surface area contributed by atoms with E-state index in [4.69, 9.17) is 11.6 Å². The third-order valence-electron chi connectivity index (χ3n) is 4.21. The Labute approximate surface area is 155 Å². The van der Waals surface area contributed by atoms with Crippen LogP contribution in [0.25, 0.3) is 0 Å². The van der Waals surface area contributed by atoms with Crippen LogP contribution in [0.2, 0.25) is 5.02 Å². The smallest absolute Gasteiger partial charge is 0.282 e. The summed E-state index contributed by atoms with van der Waals surface area (Å²) in [5.41, 5.74) is 1.08. The van der Waals surface area contributed by atoms with Crippen molar-refractivity contribution in [2.45, 2.75) is 11.7 Å². The zero-order chi connectivity index (χ0) is 17.8. The topological polar surface area (TPSA) is 63.4 Å². The molecule has 0 aliphatic carbocycles. The van der Waals surface area contributed by atoms with Gasteiger partial charge in [-0.05, 0) is 24.1 Å². The van der Waals surface area contributed by atoms with Crippen molar-refractivity contribution in [2.24, 2.45) is 0 Å². The minimum absolute atomic E-state index is 0.146. The number of rotatable bonds is 3. The summed E-state index contributed by atoms with van der Waals surface area (Å²) in [7, 11) is 0. The number of halogens is 1. The van der Waals surface area contributed by atoms with E-state index in [0.717, 1.165) is 22.8 Å². The van der Waals surface area contributed by atoms with Gasteiger partial charge in [-0.3, -0.25) is 14.9 Å². The van der Waals surface area contributed by atoms with E-state index < -0.39 is 4.92 Å². The average Bonchev–Trinajstić information content (AvgIpc) is 2.87. The van der Waals surface area contributed by atoms with Gasteiger partial charge in [0.1, 0.15) is 5.56 Å². The first kappa shape index (κ1) is 17.8. The summed E-state index contributed by atoms with van der Waals surface area (Å²) in [5, 5.41) is 12.1. The van der Waals surface area contributed by atoms with Gasteiger partial charge >= 0.3 is 0 Å². The van der Waals surface area contributed by atoms with Crippen molar-refractivity contribution in [1.29, 1.82) is 0 Å². The number of amides is 1. The van der Waals surface area contributed by atoms with E-state index in [1.165, 1.54) is 12.1 Å². The predicted molar refractivity (Wildman–Crippen MR) is 100 cm³/mol. The summed E-state index contributed by atoms with van der Waals surface area (Å²) >= 11 is 8.06. The lowest BCUT2D eigenvalue weighted by molar-refractivity contribution is -0.385. The zero-order valence-electron chi connectivity index (χ0n) is 13.4. The molecular weight excluding hydrogens is 360 g/mol. The van der Waals surface area contributed by atoms with Crippen LogP contribution in [0.3, 0.4) is 0 Å². The van der Waals surface area contributed by atoms with Crippen molar-refractivity contribution in [1.82, 2.24) is 4.90 Å². The van der Waals surface area contributed by atoms with Crippen LogP contribution in [-0.4, -0.2) is 34.6 Å². The van der Waals surface area contributed by atoms with Crippen LogP contribution in [0.4, 0.5) is 5.69 Å². The van der Waals surface area contributed by atoms with Gasteiger partial charge in [0, 0.05) is 35.2 Å². The fourth-order valence-electron chi connectivity index (χ4n) is 2.94. The Bertz CT molecular complexity index is 799. The molecule has 7 heteroatoms. The van der Waals surface area contributed by atoms with Crippen LogP contribution >= 0.6 is 23.4 Å². The second-order valence-electron chi connectivity index (χ2n) is 5.74. The molecule has 0 saturated carbocycles. The van der Waals surface area contributed by atoms with E-state index in [0.29, 0.717) is 13.1 Å². The monoisotopic (exact) mass is 376 g/mol. The molecule has 1 amide bonds. The Hall–Kier alpha value is -2.05. The molecule has 3 rings (SSSR count). The highest BCUT2D eigenvalue weighted by Gasteiger charge is 2.27. The molecule has 1 aliphatic rings. The molecule has 1 aliphatic heterocycles. The third-order valence-corrected chi connectivity index (χ3v) is 5.87. The Kier molecular flexibility index (Phi) is 5.60. The van der Waals surface area contributed by atoms with Crippen LogP contribution in [0.1, 0.15) is 27.6 Å². The number of para-hydroxylation sites is 1. The number of nitrogens with zero attached hydrogens (tertiary/aromatic N) is 2. The Morgan fingerprint density at radius 2 is 1.88 bits per heavy atom. The SMILES string of the molecule is O=C(c1ccccc1[N+](=O)[O-])N1CCSC(c2ccccc2Cl)CC1. The van der Waals surface area contributed by atoms with Crippen LogP contribution in [-0.2, 0) is 0 Å². The maximum atomic E-state index is 12.8. The Morgan fingerprint density at radius 1 is 1.16 bits per heavy atom. The van der Waals surface area contributed by atoms with E-state index in [9.17, 15) is 14.9 Å². The van der Waals surface area contributed by atoms with E-state index in [-0.39, 0.29) is 22.4 Å². The molecule has 2 aromatic rings. The van der Waals surface area contributed by atoms with Gasteiger partial charge in [0.05, 0.1) is 4.92 Å². The van der Waals surface area contributed by atoms with Crippen LogP contribution < -0.4 is 0 Å². The molecule has 1 heterocycles. The molecule has 0 N–H and O–H groups in total. The Morgan fingerprint density at radius 3 is 2.64 bits per heavy atom. The molecule has 0 bridgehead atoms. The third kappa shape index (κ3) is 3.96. The summed E-state index contributed by atoms with van der Waals surface area (Å²) in [6, 6.07) is 13.9. The normalized spacial score (nSPS) is 17.8. The molecule has 0 radical (unpaired) electrons. The molecular formula is C18H17ClN2O3S. The summed E-state index contributed by atoms with van der Waals surface area (Å²) in [6.45, 7) is 1.12. The number of hydrogen-bond acceptors (Lipinski definition) is 4. The Balaban J connectivity index is 1.77. The molecule has 5 nitrogen and oxygen atoms in total. The maximum absolute atomic E-state index is 12.8. The summed E-state index contributed by atoms with van der Waals surface area (Å²) < 4.78 is 0. The van der Waals surface area contributed by atoms with Gasteiger partial charge in [0.15, 0.2) is 0 Å². The fourth-order valence-corrected chi connectivity index (χ4v) is 4.54. The van der Waals surface area contributed by atoms with Crippen molar-refractivity contribution in [3.05, 3.63) is 74.8 Å². The van der Waals surface area contributed by atoms with E-state index in [1.54, 1.807) is 28.8 Å². The van der Waals surface area contributed by atoms with Crippen molar-refractivity contribution in [3.63, 3.8) is 0 Å². The number of thioether (sulfide) groups is 1. The van der Waals surface area contributed by atoms with Gasteiger partial charge in [-0.15, -0.1) is 0 Å². The van der Waals surface area contributed by atoms with E-state index in [2.05, 4.69) is 0 Å². The molecule has 2 aromatic carbocycles. The molecule has 1 atom stereocenters. The molecule has 0 aromatic heterocycles. The largest absolute Gasteiger partial charge is 0.338 e. The summed E-state index contributed by atoms with van der Waals surface area (Å²) in [4.78, 5) is 25.1. The average molecular weight is 377 g/mol. The number of nitro groups is 1. The van der Waals surface area contributed by atoms with Crippen molar-refractivity contribution >= 4 is 35.0 Å². The van der Waals surface area contributed by atoms with Gasteiger partial charge in [-0.25, -0.2) is 0 Å². The number of carbonyl (C=O) groups is 1. The van der Waals surface area contributed by atoms with Gasteiger partial charge in [0.25, 0.3) is 11.6 Å². The van der Waals surface area contributed by atoms with Gasteiger partial charge in [-0.2, -0.15) is 11.8 Å². The molecule has 25 heavy (non-hydrogen) atoms. The van der Waals surface area contributed by atoms with Crippen molar-refractivity contribution in [3.8, 4) is 0 Å². The molecule has 1 unspecified atom stereocenters. The highest BCUT2D eigenvalue weighted by atomic mass is 35.5. The number of hydrogen-bond donors (Lipinski definition) is 0. The maximum Gasteiger partial charge on any atom is 0.282 e. The van der Waals surface area contributed by atoms with Gasteiger partial charge in [-0.1, -0.05) is 41.9 Å². The quantitative estimate of drug-likeness (QED) is 0.581. The number of carbonyl (C=O) groups excluding carboxylic acids is 1. The fraction of sp³-hybridized carbons (Fsp3) is 0.278. The van der Waals surface area contributed by atoms with Gasteiger partial charge in [0.2, 0.25) is 0 Å². The molecule has 1 saturated heterocycles. The standard InChI is InChI=1S/C18H17ClN2O3S/c19-15-7-3-1-5-13(15)17-9-10-20(11-12-25-17)18(22)14-6-2-4-8-16(14)21(23)24/h1-8,17H,9-12H2. The lowest BCUT2D eigenvalue weighted by Gasteiger charge is -2.20. The minimum atomic E-state index is -0.508. The first-order valence-corrected chi connectivity index (χ1v) is 9.39. The van der Waals surface area contributed by atoms with Crippen molar-refractivity contribution < 1.29 is 9.72 Å². The second-order valence-corrected chi connectivity index (χ2v) is 7.45. The first-order valence-electron chi connectivity index (χ1n) is 7.96. The van der Waals surface area contributed by atoms with Crippen molar-refractivity contribution in [2.75, 3.05) is 18.8 Å². The highest BCUT2D eigenvalue weighted by molar-refractivity contribution is 7.99. The minimum Gasteiger partial charge on any atom is -0.338 e. The second kappa shape index (κ2) is 7.89. The van der Waals surface area contributed by atoms with Crippen LogP contribution in [0, 0.1) is 10.1 Å². The lowest BCUT2D eigenvalue weighted by atomic mass is 10.1. The number of benzene rings is 2. The molecule has 1 fully saturated rings. The molecule has 130 valence electrons.